The van der Waals surface area contributed by atoms with E-state index in [1.54, 1.807) is 0 Å². The predicted octanol–water partition coefficient (Wildman–Crippen LogP) is 5.97. The summed E-state index contributed by atoms with van der Waals surface area (Å²) in [4.78, 5) is 4.63. The maximum atomic E-state index is 4.63. The molecule has 2 aromatic carbocycles. The molecule has 1 fully saturated rings. The van der Waals surface area contributed by atoms with E-state index in [0.29, 0.717) is 0 Å². The Morgan fingerprint density at radius 1 is 0.739 bits per heavy atom. The van der Waals surface area contributed by atoms with E-state index in [9.17, 15) is 0 Å². The van der Waals surface area contributed by atoms with Gasteiger partial charge in [0.25, 0.3) is 0 Å². The molecule has 1 heterocycles. The number of aliphatic imine (C=N–C) groups is 1. The molecule has 1 heteroatoms. The summed E-state index contributed by atoms with van der Waals surface area (Å²) in [6, 6.07) is 19.8. The fraction of sp³-hybridized carbons (Fsp3) is 0.318. The van der Waals surface area contributed by atoms with Gasteiger partial charge in [0.1, 0.15) is 0 Å². The Morgan fingerprint density at radius 3 is 2.22 bits per heavy atom. The molecule has 0 unspecified atom stereocenters. The maximum absolute atomic E-state index is 4.63. The monoisotopic (exact) mass is 301 g/mol. The van der Waals surface area contributed by atoms with Gasteiger partial charge in [-0.3, -0.25) is 4.99 Å². The Hall–Kier alpha value is -2.15. The van der Waals surface area contributed by atoms with Gasteiger partial charge in [-0.15, -0.1) is 0 Å². The zero-order valence-electron chi connectivity index (χ0n) is 13.5. The third-order valence-electron chi connectivity index (χ3n) is 5.20. The Bertz CT molecular complexity index is 716. The molecule has 1 aliphatic carbocycles. The van der Waals surface area contributed by atoms with Crippen LogP contribution in [0.5, 0.6) is 0 Å². The largest absolute Gasteiger partial charge is 0.260 e. The van der Waals surface area contributed by atoms with Gasteiger partial charge in [0.05, 0.1) is 5.71 Å². The average Bonchev–Trinajstić information content (AvgIpc) is 3.14. The van der Waals surface area contributed by atoms with E-state index in [1.807, 2.05) is 6.20 Å². The van der Waals surface area contributed by atoms with Crippen LogP contribution in [0.4, 0.5) is 0 Å². The van der Waals surface area contributed by atoms with Crippen molar-refractivity contribution in [3.05, 3.63) is 77.5 Å². The van der Waals surface area contributed by atoms with Crippen LogP contribution in [0.3, 0.4) is 0 Å². The fourth-order valence-corrected chi connectivity index (χ4v) is 3.82. The van der Waals surface area contributed by atoms with Gasteiger partial charge in [-0.2, -0.15) is 0 Å². The first kappa shape index (κ1) is 14.4. The van der Waals surface area contributed by atoms with Gasteiger partial charge >= 0.3 is 0 Å². The SMILES string of the molecule is C1=C(c2ccc(C3CCCCC3)cc2)CC(c2ccccc2)=N1. The van der Waals surface area contributed by atoms with Crippen molar-refractivity contribution < 1.29 is 0 Å². The molecule has 23 heavy (non-hydrogen) atoms. The molecule has 0 spiro atoms. The highest BCUT2D eigenvalue weighted by molar-refractivity contribution is 6.09. The molecule has 0 amide bonds. The number of nitrogens with zero attached hydrogens (tertiary/aromatic N) is 1. The third kappa shape index (κ3) is 3.14. The molecule has 1 nitrogen and oxygen atoms in total. The first-order valence-electron chi connectivity index (χ1n) is 8.81. The lowest BCUT2D eigenvalue weighted by atomic mass is 9.83. The van der Waals surface area contributed by atoms with Gasteiger partial charge in [0.15, 0.2) is 0 Å². The third-order valence-corrected chi connectivity index (χ3v) is 5.20. The molecule has 0 atom stereocenters. The van der Waals surface area contributed by atoms with E-state index in [4.69, 9.17) is 0 Å². The van der Waals surface area contributed by atoms with Crippen molar-refractivity contribution in [3.63, 3.8) is 0 Å². The summed E-state index contributed by atoms with van der Waals surface area (Å²) in [6.45, 7) is 0. The summed E-state index contributed by atoms with van der Waals surface area (Å²) >= 11 is 0. The first-order chi connectivity index (χ1) is 11.4. The summed E-state index contributed by atoms with van der Waals surface area (Å²) in [5, 5.41) is 0. The Morgan fingerprint density at radius 2 is 1.48 bits per heavy atom. The van der Waals surface area contributed by atoms with Crippen molar-refractivity contribution >= 4 is 11.3 Å². The van der Waals surface area contributed by atoms with Crippen LogP contribution in [0, 0.1) is 0 Å². The molecule has 2 aromatic rings. The highest BCUT2D eigenvalue weighted by Gasteiger charge is 2.17. The molecule has 0 bridgehead atoms. The van der Waals surface area contributed by atoms with Crippen molar-refractivity contribution in [1.82, 2.24) is 0 Å². The quantitative estimate of drug-likeness (QED) is 0.662. The Kier molecular flexibility index (Phi) is 4.10. The maximum Gasteiger partial charge on any atom is 0.0520 e. The zero-order valence-corrected chi connectivity index (χ0v) is 13.5. The number of benzene rings is 2. The topological polar surface area (TPSA) is 12.4 Å². The van der Waals surface area contributed by atoms with Crippen LogP contribution in [0.1, 0.15) is 61.1 Å². The lowest BCUT2D eigenvalue weighted by molar-refractivity contribution is 0.443. The van der Waals surface area contributed by atoms with Gasteiger partial charge < -0.3 is 0 Å². The molecule has 2 aliphatic rings. The second-order valence-corrected chi connectivity index (χ2v) is 6.73. The van der Waals surface area contributed by atoms with Gasteiger partial charge in [0, 0.05) is 12.6 Å². The number of allylic oxidation sites excluding steroid dienone is 1. The minimum absolute atomic E-state index is 0.784. The van der Waals surface area contributed by atoms with Crippen LogP contribution < -0.4 is 0 Å². The van der Waals surface area contributed by atoms with Crippen LogP contribution in [0.2, 0.25) is 0 Å². The smallest absolute Gasteiger partial charge is 0.0520 e. The highest BCUT2D eigenvalue weighted by atomic mass is 14.7. The normalized spacial score (nSPS) is 18.6. The lowest BCUT2D eigenvalue weighted by Crippen LogP contribution is -2.04. The Balaban J connectivity index is 1.45. The standard InChI is InChI=1S/C22H23N/c1-3-7-17(8-4-1)18-11-13-19(14-12-18)21-15-22(23-16-21)20-9-5-2-6-10-20/h2,5-6,9-14,16-17H,1,3-4,7-8,15H2. The van der Waals surface area contributed by atoms with Crippen LogP contribution in [0.25, 0.3) is 5.57 Å². The molecule has 0 aromatic heterocycles. The highest BCUT2D eigenvalue weighted by Crippen LogP contribution is 2.34. The number of rotatable bonds is 3. The van der Waals surface area contributed by atoms with Crippen molar-refractivity contribution in [1.29, 1.82) is 0 Å². The van der Waals surface area contributed by atoms with E-state index in [0.717, 1.165) is 12.3 Å². The van der Waals surface area contributed by atoms with Crippen molar-refractivity contribution in [2.75, 3.05) is 0 Å². The van der Waals surface area contributed by atoms with Crippen molar-refractivity contribution in [2.45, 2.75) is 44.4 Å². The molecule has 116 valence electrons. The lowest BCUT2D eigenvalue weighted by Gasteiger charge is -2.22. The van der Waals surface area contributed by atoms with Gasteiger partial charge in [-0.1, -0.05) is 73.9 Å². The molecule has 0 N–H and O–H groups in total. The van der Waals surface area contributed by atoms with E-state index >= 15 is 0 Å². The zero-order chi connectivity index (χ0) is 15.5. The number of hydrogen-bond acceptors (Lipinski definition) is 1. The van der Waals surface area contributed by atoms with Crippen molar-refractivity contribution in [2.24, 2.45) is 4.99 Å². The second-order valence-electron chi connectivity index (χ2n) is 6.73. The molecule has 1 aliphatic heterocycles. The molecular formula is C22H23N. The van der Waals surface area contributed by atoms with Crippen LogP contribution in [-0.2, 0) is 0 Å². The van der Waals surface area contributed by atoms with Crippen molar-refractivity contribution in [3.8, 4) is 0 Å². The summed E-state index contributed by atoms with van der Waals surface area (Å²) in [5.74, 6) is 0.784. The number of hydrogen-bond donors (Lipinski definition) is 0. The van der Waals surface area contributed by atoms with Crippen LogP contribution in [-0.4, -0.2) is 5.71 Å². The second kappa shape index (κ2) is 6.54. The predicted molar refractivity (Wildman–Crippen MR) is 97.8 cm³/mol. The van der Waals surface area contributed by atoms with Gasteiger partial charge in [-0.05, 0) is 41.0 Å². The minimum Gasteiger partial charge on any atom is -0.260 e. The fourth-order valence-electron chi connectivity index (χ4n) is 3.82. The molecule has 0 saturated heterocycles. The van der Waals surface area contributed by atoms with E-state index in [-0.39, 0.29) is 0 Å². The minimum atomic E-state index is 0.784. The molecule has 0 radical (unpaired) electrons. The summed E-state index contributed by atoms with van der Waals surface area (Å²) < 4.78 is 0. The Labute approximate surface area is 138 Å². The molecule has 4 rings (SSSR count). The van der Waals surface area contributed by atoms with Gasteiger partial charge in [0.2, 0.25) is 0 Å². The summed E-state index contributed by atoms with van der Waals surface area (Å²) in [6.07, 6.45) is 9.91. The summed E-state index contributed by atoms with van der Waals surface area (Å²) in [5.41, 5.74) is 6.59. The van der Waals surface area contributed by atoms with E-state index in [1.165, 1.54) is 60.1 Å². The average molecular weight is 301 g/mol. The summed E-state index contributed by atoms with van der Waals surface area (Å²) in [7, 11) is 0. The molecule has 1 saturated carbocycles. The van der Waals surface area contributed by atoms with Crippen LogP contribution in [0.15, 0.2) is 65.8 Å². The first-order valence-corrected chi connectivity index (χ1v) is 8.81. The van der Waals surface area contributed by atoms with Crippen LogP contribution >= 0.6 is 0 Å². The van der Waals surface area contributed by atoms with E-state index < -0.39 is 0 Å². The molecular weight excluding hydrogens is 278 g/mol. The van der Waals surface area contributed by atoms with Gasteiger partial charge in [-0.25, -0.2) is 0 Å². The van der Waals surface area contributed by atoms with E-state index in [2.05, 4.69) is 59.6 Å².